The highest BCUT2D eigenvalue weighted by Crippen LogP contribution is 2.37. The van der Waals surface area contributed by atoms with E-state index >= 15 is 0 Å². The van der Waals surface area contributed by atoms with Crippen molar-refractivity contribution < 1.29 is 14.6 Å². The van der Waals surface area contributed by atoms with Crippen molar-refractivity contribution in [3.8, 4) is 22.3 Å². The third-order valence-electron chi connectivity index (χ3n) is 3.62. The standard InChI is InChI=1S/C19H14N2O3S2/c1-24-16-7-5-13(19(22)23)10-18(16)26-21-15-9-12(11-20)4-6-14(15)17-3-2-8-25-17/h2-10,21H,1H3,(H,22,23). The highest BCUT2D eigenvalue weighted by atomic mass is 32.2. The van der Waals surface area contributed by atoms with Crippen LogP contribution in [0, 0.1) is 11.3 Å². The maximum Gasteiger partial charge on any atom is 0.335 e. The highest BCUT2D eigenvalue weighted by molar-refractivity contribution is 8.00. The molecule has 0 bridgehead atoms. The molecule has 2 aromatic carbocycles. The van der Waals surface area contributed by atoms with Crippen molar-refractivity contribution in [2.75, 3.05) is 11.8 Å². The first-order valence-corrected chi connectivity index (χ1v) is 9.24. The largest absolute Gasteiger partial charge is 0.496 e. The lowest BCUT2D eigenvalue weighted by atomic mass is 10.1. The van der Waals surface area contributed by atoms with Gasteiger partial charge in [-0.05, 0) is 53.7 Å². The second-order valence-electron chi connectivity index (χ2n) is 5.22. The van der Waals surface area contributed by atoms with E-state index in [9.17, 15) is 15.2 Å². The van der Waals surface area contributed by atoms with Crippen molar-refractivity contribution in [3.63, 3.8) is 0 Å². The van der Waals surface area contributed by atoms with Crippen LogP contribution < -0.4 is 9.46 Å². The van der Waals surface area contributed by atoms with E-state index in [1.807, 2.05) is 23.6 Å². The number of benzene rings is 2. The van der Waals surface area contributed by atoms with Crippen LogP contribution in [0.15, 0.2) is 58.8 Å². The highest BCUT2D eigenvalue weighted by Gasteiger charge is 2.12. The molecule has 0 unspecified atom stereocenters. The zero-order valence-electron chi connectivity index (χ0n) is 13.7. The van der Waals surface area contributed by atoms with Crippen LogP contribution in [0.1, 0.15) is 15.9 Å². The summed E-state index contributed by atoms with van der Waals surface area (Å²) in [5.41, 5.74) is 2.47. The van der Waals surface area contributed by atoms with Gasteiger partial charge in [-0.2, -0.15) is 5.26 Å². The number of nitrogens with one attached hydrogen (secondary N) is 1. The van der Waals surface area contributed by atoms with Crippen molar-refractivity contribution >= 4 is 34.9 Å². The fraction of sp³-hybridized carbons (Fsp3) is 0.0526. The molecule has 7 heteroatoms. The number of hydrogen-bond acceptors (Lipinski definition) is 6. The van der Waals surface area contributed by atoms with Gasteiger partial charge in [-0.3, -0.25) is 0 Å². The van der Waals surface area contributed by atoms with Gasteiger partial charge >= 0.3 is 5.97 Å². The zero-order chi connectivity index (χ0) is 18.5. The van der Waals surface area contributed by atoms with Gasteiger partial charge in [0.25, 0.3) is 0 Å². The van der Waals surface area contributed by atoms with Gasteiger partial charge in [0.2, 0.25) is 0 Å². The number of carboxylic acids is 1. The molecule has 26 heavy (non-hydrogen) atoms. The fourth-order valence-corrected chi connectivity index (χ4v) is 3.94. The first kappa shape index (κ1) is 17.9. The Morgan fingerprint density at radius 3 is 2.77 bits per heavy atom. The van der Waals surface area contributed by atoms with Gasteiger partial charge in [-0.25, -0.2) is 4.79 Å². The molecule has 0 aliphatic rings. The van der Waals surface area contributed by atoms with Crippen LogP contribution in [-0.4, -0.2) is 18.2 Å². The number of carboxylic acid groups (broad SMARTS) is 1. The van der Waals surface area contributed by atoms with E-state index < -0.39 is 5.97 Å². The number of nitrogens with zero attached hydrogens (tertiary/aromatic N) is 1. The molecular formula is C19H14N2O3S2. The molecule has 0 aliphatic heterocycles. The normalized spacial score (nSPS) is 10.2. The van der Waals surface area contributed by atoms with Crippen LogP contribution in [0.3, 0.4) is 0 Å². The van der Waals surface area contributed by atoms with Crippen molar-refractivity contribution in [1.82, 2.24) is 0 Å². The smallest absolute Gasteiger partial charge is 0.335 e. The molecule has 0 saturated heterocycles. The van der Waals surface area contributed by atoms with Crippen molar-refractivity contribution in [3.05, 3.63) is 65.0 Å². The molecule has 0 spiro atoms. The van der Waals surface area contributed by atoms with E-state index in [0.29, 0.717) is 16.2 Å². The van der Waals surface area contributed by atoms with E-state index in [1.54, 1.807) is 35.6 Å². The summed E-state index contributed by atoms with van der Waals surface area (Å²) < 4.78 is 8.54. The van der Waals surface area contributed by atoms with Gasteiger partial charge in [0.05, 0.1) is 34.9 Å². The first-order chi connectivity index (χ1) is 12.6. The average molecular weight is 382 g/mol. The number of rotatable bonds is 6. The molecule has 130 valence electrons. The lowest BCUT2D eigenvalue weighted by Crippen LogP contribution is -1.99. The molecule has 1 aromatic heterocycles. The Balaban J connectivity index is 1.94. The Bertz CT molecular complexity index is 979. The topological polar surface area (TPSA) is 82.3 Å². The molecule has 0 amide bonds. The Kier molecular flexibility index (Phi) is 5.46. The summed E-state index contributed by atoms with van der Waals surface area (Å²) in [4.78, 5) is 12.9. The molecule has 1 heterocycles. The minimum absolute atomic E-state index is 0.180. The van der Waals surface area contributed by atoms with Crippen LogP contribution in [-0.2, 0) is 0 Å². The second-order valence-corrected chi connectivity index (χ2v) is 7.02. The van der Waals surface area contributed by atoms with Crippen molar-refractivity contribution in [2.24, 2.45) is 0 Å². The summed E-state index contributed by atoms with van der Waals surface area (Å²) >= 11 is 2.85. The minimum atomic E-state index is -1.000. The number of aromatic carboxylic acids is 1. The molecule has 3 rings (SSSR count). The summed E-state index contributed by atoms with van der Waals surface area (Å²) in [6.45, 7) is 0. The fourth-order valence-electron chi connectivity index (χ4n) is 2.34. The first-order valence-electron chi connectivity index (χ1n) is 7.54. The van der Waals surface area contributed by atoms with Crippen molar-refractivity contribution in [2.45, 2.75) is 4.90 Å². The van der Waals surface area contributed by atoms with Gasteiger partial charge in [0.1, 0.15) is 5.75 Å². The van der Waals surface area contributed by atoms with Gasteiger partial charge in [-0.15, -0.1) is 11.3 Å². The summed E-state index contributed by atoms with van der Waals surface area (Å²) in [6.07, 6.45) is 0. The van der Waals surface area contributed by atoms with E-state index in [2.05, 4.69) is 10.8 Å². The lowest BCUT2D eigenvalue weighted by molar-refractivity contribution is 0.0696. The van der Waals surface area contributed by atoms with Gasteiger partial charge < -0.3 is 14.6 Å². The zero-order valence-corrected chi connectivity index (χ0v) is 15.4. The van der Waals surface area contributed by atoms with Crippen LogP contribution in [0.2, 0.25) is 0 Å². The second kappa shape index (κ2) is 7.95. The molecule has 0 aliphatic carbocycles. The molecule has 2 N–H and O–H groups in total. The quantitative estimate of drug-likeness (QED) is 0.576. The molecule has 0 fully saturated rings. The lowest BCUT2D eigenvalue weighted by Gasteiger charge is -2.13. The number of hydrogen-bond donors (Lipinski definition) is 2. The SMILES string of the molecule is COc1ccc(C(=O)O)cc1SNc1cc(C#N)ccc1-c1cccs1. The number of methoxy groups -OCH3 is 1. The number of ether oxygens (including phenoxy) is 1. The van der Waals surface area contributed by atoms with Gasteiger partial charge in [0.15, 0.2) is 0 Å². The Morgan fingerprint density at radius 1 is 1.27 bits per heavy atom. The molecule has 0 atom stereocenters. The van der Waals surface area contributed by atoms with Gasteiger partial charge in [0, 0.05) is 10.4 Å². The summed E-state index contributed by atoms with van der Waals surface area (Å²) in [6, 6.07) is 16.2. The maximum atomic E-state index is 11.2. The van der Waals surface area contributed by atoms with Crippen LogP contribution in [0.5, 0.6) is 5.75 Å². The van der Waals surface area contributed by atoms with E-state index in [-0.39, 0.29) is 5.56 Å². The molecular weight excluding hydrogens is 368 g/mol. The molecule has 5 nitrogen and oxygen atoms in total. The van der Waals surface area contributed by atoms with Crippen LogP contribution in [0.4, 0.5) is 5.69 Å². The van der Waals surface area contributed by atoms with Crippen LogP contribution in [0.25, 0.3) is 10.4 Å². The maximum absolute atomic E-state index is 11.2. The Morgan fingerprint density at radius 2 is 2.12 bits per heavy atom. The summed E-state index contributed by atoms with van der Waals surface area (Å²) in [7, 11) is 1.53. The monoisotopic (exact) mass is 382 g/mol. The Labute approximate surface area is 159 Å². The summed E-state index contributed by atoms with van der Waals surface area (Å²) in [5, 5.41) is 20.4. The number of anilines is 1. The number of carbonyl (C=O) groups is 1. The minimum Gasteiger partial charge on any atom is -0.496 e. The van der Waals surface area contributed by atoms with E-state index in [4.69, 9.17) is 4.74 Å². The molecule has 0 saturated carbocycles. The van der Waals surface area contributed by atoms with E-state index in [1.165, 1.54) is 25.1 Å². The molecule has 3 aromatic rings. The predicted molar refractivity (Wildman–Crippen MR) is 104 cm³/mol. The van der Waals surface area contributed by atoms with Gasteiger partial charge in [-0.1, -0.05) is 12.1 Å². The van der Waals surface area contributed by atoms with Crippen molar-refractivity contribution in [1.29, 1.82) is 5.26 Å². The average Bonchev–Trinajstić information content (AvgIpc) is 3.20. The predicted octanol–water partition coefficient (Wildman–Crippen LogP) is 5.11. The Hall–Kier alpha value is -2.95. The number of nitriles is 1. The van der Waals surface area contributed by atoms with E-state index in [0.717, 1.165) is 16.1 Å². The van der Waals surface area contributed by atoms with Crippen LogP contribution >= 0.6 is 23.3 Å². The molecule has 0 radical (unpaired) electrons. The third kappa shape index (κ3) is 3.82. The third-order valence-corrected chi connectivity index (χ3v) is 5.38. The number of thiophene rings is 1. The summed E-state index contributed by atoms with van der Waals surface area (Å²) in [5.74, 6) is -0.429.